The zero-order valence-electron chi connectivity index (χ0n) is 11.7. The summed E-state index contributed by atoms with van der Waals surface area (Å²) in [5, 5.41) is 3.23. The van der Waals surface area contributed by atoms with Crippen LogP contribution in [0.4, 0.5) is 0 Å². The highest BCUT2D eigenvalue weighted by molar-refractivity contribution is 6.31. The molecule has 3 aromatic rings. The normalized spacial score (nSPS) is 12.5. The topological polar surface area (TPSA) is 77.4 Å². The molecule has 0 bridgehead atoms. The molecule has 0 saturated heterocycles. The summed E-state index contributed by atoms with van der Waals surface area (Å²) in [5.74, 6) is -0.272. The van der Waals surface area contributed by atoms with E-state index in [1.165, 1.54) is 16.9 Å². The summed E-state index contributed by atoms with van der Waals surface area (Å²) in [4.78, 5) is 24.0. The maximum Gasteiger partial charge on any atom is 0.420 e. The third kappa shape index (κ3) is 2.78. The Morgan fingerprint density at radius 1 is 1.41 bits per heavy atom. The Balaban J connectivity index is 1.79. The lowest BCUT2D eigenvalue weighted by atomic mass is 10.2. The van der Waals surface area contributed by atoms with Crippen LogP contribution in [0.15, 0.2) is 50.2 Å². The predicted octanol–water partition coefficient (Wildman–Crippen LogP) is 2.72. The molecule has 1 N–H and O–H groups in total. The minimum absolute atomic E-state index is 0.140. The SMILES string of the molecule is CC(NC(=O)Cn1c(=O)oc2cc(Cl)ccc21)c1ccco1. The van der Waals surface area contributed by atoms with Crippen LogP contribution in [0.1, 0.15) is 18.7 Å². The van der Waals surface area contributed by atoms with Gasteiger partial charge in [-0.1, -0.05) is 11.6 Å². The van der Waals surface area contributed by atoms with Gasteiger partial charge in [0.25, 0.3) is 0 Å². The number of nitrogens with zero attached hydrogens (tertiary/aromatic N) is 1. The summed E-state index contributed by atoms with van der Waals surface area (Å²) in [7, 11) is 0. The van der Waals surface area contributed by atoms with Gasteiger partial charge in [-0.05, 0) is 31.2 Å². The number of furan rings is 1. The lowest BCUT2D eigenvalue weighted by Crippen LogP contribution is -2.32. The number of benzene rings is 1. The van der Waals surface area contributed by atoms with E-state index in [1.54, 1.807) is 31.2 Å². The summed E-state index contributed by atoms with van der Waals surface area (Å²) >= 11 is 5.85. The van der Waals surface area contributed by atoms with E-state index in [2.05, 4.69) is 5.32 Å². The third-order valence-corrected chi connectivity index (χ3v) is 3.51. The van der Waals surface area contributed by atoms with Gasteiger partial charge in [-0.2, -0.15) is 0 Å². The summed E-state index contributed by atoms with van der Waals surface area (Å²) in [6.07, 6.45) is 1.54. The molecule has 1 atom stereocenters. The minimum Gasteiger partial charge on any atom is -0.467 e. The Morgan fingerprint density at radius 2 is 2.23 bits per heavy atom. The molecule has 1 aromatic carbocycles. The molecule has 6 nitrogen and oxygen atoms in total. The number of carbonyl (C=O) groups excluding carboxylic acids is 1. The quantitative estimate of drug-likeness (QED) is 0.801. The number of fused-ring (bicyclic) bond motifs is 1. The highest BCUT2D eigenvalue weighted by atomic mass is 35.5. The molecule has 1 unspecified atom stereocenters. The van der Waals surface area contributed by atoms with Gasteiger partial charge in [-0.15, -0.1) is 0 Å². The first-order valence-electron chi connectivity index (χ1n) is 6.66. The Labute approximate surface area is 130 Å². The average molecular weight is 321 g/mol. The van der Waals surface area contributed by atoms with Gasteiger partial charge < -0.3 is 14.2 Å². The van der Waals surface area contributed by atoms with Gasteiger partial charge >= 0.3 is 5.76 Å². The molecular formula is C15H13ClN2O4. The number of oxazole rings is 1. The molecular weight excluding hydrogens is 308 g/mol. The summed E-state index contributed by atoms with van der Waals surface area (Å²) in [5.41, 5.74) is 0.875. The van der Waals surface area contributed by atoms with Crippen LogP contribution in [0.2, 0.25) is 5.02 Å². The van der Waals surface area contributed by atoms with E-state index in [0.29, 0.717) is 21.9 Å². The molecule has 3 rings (SSSR count). The van der Waals surface area contributed by atoms with Gasteiger partial charge in [0.15, 0.2) is 5.58 Å². The molecule has 0 aliphatic carbocycles. The number of rotatable bonds is 4. The fraction of sp³-hybridized carbons (Fsp3) is 0.200. The van der Waals surface area contributed by atoms with E-state index in [-0.39, 0.29) is 18.5 Å². The smallest absolute Gasteiger partial charge is 0.420 e. The van der Waals surface area contributed by atoms with Crippen LogP contribution in [-0.4, -0.2) is 10.5 Å². The van der Waals surface area contributed by atoms with Gasteiger partial charge in [0.2, 0.25) is 5.91 Å². The van der Waals surface area contributed by atoms with Crippen LogP contribution >= 0.6 is 11.6 Å². The number of halogens is 1. The summed E-state index contributed by atoms with van der Waals surface area (Å²) in [6.45, 7) is 1.66. The minimum atomic E-state index is -0.599. The van der Waals surface area contributed by atoms with E-state index >= 15 is 0 Å². The van der Waals surface area contributed by atoms with E-state index in [4.69, 9.17) is 20.4 Å². The van der Waals surface area contributed by atoms with Crippen LogP contribution in [0.25, 0.3) is 11.1 Å². The number of carbonyl (C=O) groups is 1. The summed E-state index contributed by atoms with van der Waals surface area (Å²) in [6, 6.07) is 8.05. The molecule has 0 fully saturated rings. The first kappa shape index (κ1) is 14.5. The second-order valence-corrected chi connectivity index (χ2v) is 5.31. The van der Waals surface area contributed by atoms with Crippen molar-refractivity contribution < 1.29 is 13.6 Å². The number of hydrogen-bond donors (Lipinski definition) is 1. The second-order valence-electron chi connectivity index (χ2n) is 4.87. The molecule has 2 heterocycles. The Bertz CT molecular complexity index is 863. The standard InChI is InChI=1S/C15H13ClN2O4/c1-9(12-3-2-6-21-12)17-14(19)8-18-11-5-4-10(16)7-13(11)22-15(18)20/h2-7,9H,8H2,1H3,(H,17,19). The van der Waals surface area contributed by atoms with Crippen molar-refractivity contribution in [3.05, 3.63) is 57.9 Å². The van der Waals surface area contributed by atoms with Crippen LogP contribution in [0, 0.1) is 0 Å². The maximum atomic E-state index is 12.1. The molecule has 2 aromatic heterocycles. The molecule has 114 valence electrons. The van der Waals surface area contributed by atoms with Crippen molar-refractivity contribution in [2.45, 2.75) is 19.5 Å². The van der Waals surface area contributed by atoms with Crippen molar-refractivity contribution in [1.82, 2.24) is 9.88 Å². The van der Waals surface area contributed by atoms with Crippen LogP contribution in [0.3, 0.4) is 0 Å². The lowest BCUT2D eigenvalue weighted by molar-refractivity contribution is -0.122. The number of nitrogens with one attached hydrogen (secondary N) is 1. The van der Waals surface area contributed by atoms with Crippen molar-refractivity contribution >= 4 is 28.6 Å². The molecule has 22 heavy (non-hydrogen) atoms. The van der Waals surface area contributed by atoms with E-state index in [0.717, 1.165) is 0 Å². The first-order chi connectivity index (χ1) is 10.5. The Hall–Kier alpha value is -2.47. The molecule has 0 aliphatic rings. The fourth-order valence-electron chi connectivity index (χ4n) is 2.23. The second kappa shape index (κ2) is 5.73. The van der Waals surface area contributed by atoms with Crippen molar-refractivity contribution in [3.8, 4) is 0 Å². The van der Waals surface area contributed by atoms with Crippen molar-refractivity contribution in [1.29, 1.82) is 0 Å². The van der Waals surface area contributed by atoms with E-state index < -0.39 is 5.76 Å². The van der Waals surface area contributed by atoms with Crippen molar-refractivity contribution in [2.24, 2.45) is 0 Å². The molecule has 7 heteroatoms. The van der Waals surface area contributed by atoms with Gasteiger partial charge in [0.05, 0.1) is 17.8 Å². The maximum absolute atomic E-state index is 12.1. The summed E-state index contributed by atoms with van der Waals surface area (Å²) < 4.78 is 11.6. The zero-order chi connectivity index (χ0) is 15.7. The highest BCUT2D eigenvalue weighted by Crippen LogP contribution is 2.18. The van der Waals surface area contributed by atoms with Gasteiger partial charge in [0, 0.05) is 11.1 Å². The van der Waals surface area contributed by atoms with Gasteiger partial charge in [-0.25, -0.2) is 4.79 Å². The largest absolute Gasteiger partial charge is 0.467 e. The number of hydrogen-bond acceptors (Lipinski definition) is 4. The van der Waals surface area contributed by atoms with Crippen LogP contribution < -0.4 is 11.1 Å². The Morgan fingerprint density at radius 3 is 2.95 bits per heavy atom. The van der Waals surface area contributed by atoms with Gasteiger partial charge in [0.1, 0.15) is 12.3 Å². The lowest BCUT2D eigenvalue weighted by Gasteiger charge is -2.11. The van der Waals surface area contributed by atoms with Gasteiger partial charge in [-0.3, -0.25) is 9.36 Å². The van der Waals surface area contributed by atoms with Crippen LogP contribution in [-0.2, 0) is 11.3 Å². The molecule has 0 spiro atoms. The fourth-order valence-corrected chi connectivity index (χ4v) is 2.39. The number of amides is 1. The average Bonchev–Trinajstić information content (AvgIpc) is 3.08. The molecule has 1 amide bonds. The predicted molar refractivity (Wildman–Crippen MR) is 80.7 cm³/mol. The van der Waals surface area contributed by atoms with Crippen LogP contribution in [0.5, 0.6) is 0 Å². The first-order valence-corrected chi connectivity index (χ1v) is 7.04. The molecule has 0 radical (unpaired) electrons. The van der Waals surface area contributed by atoms with E-state index in [9.17, 15) is 9.59 Å². The van der Waals surface area contributed by atoms with Crippen molar-refractivity contribution in [3.63, 3.8) is 0 Å². The molecule has 0 aliphatic heterocycles. The zero-order valence-corrected chi connectivity index (χ0v) is 12.5. The monoisotopic (exact) mass is 320 g/mol. The van der Waals surface area contributed by atoms with E-state index in [1.807, 2.05) is 0 Å². The number of aromatic nitrogens is 1. The Kier molecular flexibility index (Phi) is 3.77. The van der Waals surface area contributed by atoms with Crippen molar-refractivity contribution in [2.75, 3.05) is 0 Å². The molecule has 0 saturated carbocycles. The third-order valence-electron chi connectivity index (χ3n) is 3.28. The highest BCUT2D eigenvalue weighted by Gasteiger charge is 2.16.